The Bertz CT molecular complexity index is 1450. The highest BCUT2D eigenvalue weighted by Crippen LogP contribution is 2.40. The molecule has 0 radical (unpaired) electrons. The summed E-state index contributed by atoms with van der Waals surface area (Å²) >= 11 is 6.44. The monoisotopic (exact) mass is 489 g/mol. The lowest BCUT2D eigenvalue weighted by Crippen LogP contribution is -2.37. The van der Waals surface area contributed by atoms with Crippen LogP contribution in [0.15, 0.2) is 42.9 Å². The predicted molar refractivity (Wildman–Crippen MR) is 121 cm³/mol. The summed E-state index contributed by atoms with van der Waals surface area (Å²) in [6.45, 7) is 1.82. The van der Waals surface area contributed by atoms with Crippen LogP contribution in [0.25, 0.3) is 16.6 Å². The third kappa shape index (κ3) is 3.54. The van der Waals surface area contributed by atoms with Gasteiger partial charge in [0.05, 0.1) is 58.5 Å². The van der Waals surface area contributed by atoms with Gasteiger partial charge in [-0.2, -0.15) is 13.2 Å². The summed E-state index contributed by atoms with van der Waals surface area (Å²) in [5.41, 5.74) is 8.11. The smallest absolute Gasteiger partial charge is 0.382 e. The van der Waals surface area contributed by atoms with Crippen molar-refractivity contribution in [1.82, 2.24) is 19.3 Å². The van der Waals surface area contributed by atoms with Crippen LogP contribution in [-0.4, -0.2) is 38.8 Å². The second-order valence-corrected chi connectivity index (χ2v) is 8.62. The predicted octanol–water partition coefficient (Wildman–Crippen LogP) is 5.04. The molecule has 11 heteroatoms. The van der Waals surface area contributed by atoms with Crippen molar-refractivity contribution in [2.45, 2.75) is 25.2 Å². The van der Waals surface area contributed by atoms with E-state index in [0.717, 1.165) is 12.1 Å². The lowest BCUT2D eigenvalue weighted by atomic mass is 9.91. The number of likely N-dealkylation sites (N-methyl/N-ethyl adjacent to an activating group) is 1. The summed E-state index contributed by atoms with van der Waals surface area (Å²) < 4.78 is 47.1. The summed E-state index contributed by atoms with van der Waals surface area (Å²) in [5, 5.41) is 0.174. The van der Waals surface area contributed by atoms with Crippen LogP contribution >= 0.6 is 11.6 Å². The number of alkyl halides is 3. The van der Waals surface area contributed by atoms with Gasteiger partial charge in [0, 0.05) is 7.05 Å². The maximum Gasteiger partial charge on any atom is 0.416 e. The first-order valence-electron chi connectivity index (χ1n) is 10.4. The third-order valence-corrected chi connectivity index (χ3v) is 6.51. The molecule has 176 valence electrons. The number of imidazole rings is 1. The lowest BCUT2D eigenvalue weighted by Gasteiger charge is -2.36. The van der Waals surface area contributed by atoms with Gasteiger partial charge in [-0.25, -0.2) is 9.97 Å². The molecule has 34 heavy (non-hydrogen) atoms. The molecule has 5 rings (SSSR count). The van der Waals surface area contributed by atoms with Gasteiger partial charge in [0.15, 0.2) is 0 Å². The average molecular weight is 490 g/mol. The van der Waals surface area contributed by atoms with Crippen molar-refractivity contribution in [2.24, 2.45) is 0 Å². The second-order valence-electron chi connectivity index (χ2n) is 8.22. The summed E-state index contributed by atoms with van der Waals surface area (Å²) in [7, 11) is 1.57. The van der Waals surface area contributed by atoms with E-state index in [1.165, 1.54) is 11.0 Å². The molecule has 1 unspecified atom stereocenters. The van der Waals surface area contributed by atoms with Crippen LogP contribution in [0.3, 0.4) is 0 Å². The van der Waals surface area contributed by atoms with Crippen LogP contribution in [-0.2, 0) is 10.9 Å². The molecule has 1 aliphatic heterocycles. The highest BCUT2D eigenvalue weighted by Gasteiger charge is 2.36. The number of halogens is 4. The zero-order chi connectivity index (χ0) is 24.4. The molecule has 1 amide bonds. The Kier molecular flexibility index (Phi) is 5.18. The normalized spacial score (nSPS) is 18.3. The van der Waals surface area contributed by atoms with E-state index in [1.807, 2.05) is 0 Å². The van der Waals surface area contributed by atoms with Crippen molar-refractivity contribution in [3.8, 4) is 0 Å². The number of aromatic nitrogens is 3. The summed E-state index contributed by atoms with van der Waals surface area (Å²) in [4.78, 5) is 23.4. The molecule has 0 aliphatic carbocycles. The van der Waals surface area contributed by atoms with Gasteiger partial charge < -0.3 is 15.4 Å². The minimum Gasteiger partial charge on any atom is -0.382 e. The number of rotatable bonds is 2. The van der Waals surface area contributed by atoms with Crippen molar-refractivity contribution >= 4 is 39.9 Å². The molecule has 0 bridgehead atoms. The van der Waals surface area contributed by atoms with Crippen molar-refractivity contribution < 1.29 is 22.7 Å². The van der Waals surface area contributed by atoms with E-state index in [-0.39, 0.29) is 23.0 Å². The fraction of sp³-hybridized carbons (Fsp3) is 0.261. The fourth-order valence-electron chi connectivity index (χ4n) is 4.33. The molecular formula is C23H19ClF3N5O2. The number of amides is 1. The van der Waals surface area contributed by atoms with Gasteiger partial charge in [-0.15, -0.1) is 0 Å². The van der Waals surface area contributed by atoms with E-state index in [4.69, 9.17) is 22.1 Å². The first-order valence-corrected chi connectivity index (χ1v) is 10.7. The number of anilines is 1. The Balaban J connectivity index is 1.56. The van der Waals surface area contributed by atoms with Crippen LogP contribution in [0.2, 0.25) is 5.02 Å². The third-order valence-electron chi connectivity index (χ3n) is 6.20. The zero-order valence-electron chi connectivity index (χ0n) is 18.1. The molecule has 0 saturated heterocycles. The SMILES string of the molecule is C[C@H]1OCC(N(C)C(=O)c2cc3c(cc2Cl)nc(N)c2cncn23)c2ccc(C(F)(F)F)cc21. The zero-order valence-corrected chi connectivity index (χ0v) is 18.9. The maximum atomic E-state index is 13.5. The van der Waals surface area contributed by atoms with Crippen LogP contribution in [0.5, 0.6) is 0 Å². The maximum absolute atomic E-state index is 13.5. The van der Waals surface area contributed by atoms with Crippen LogP contribution < -0.4 is 5.73 Å². The van der Waals surface area contributed by atoms with Gasteiger partial charge in [0.1, 0.15) is 11.3 Å². The van der Waals surface area contributed by atoms with Gasteiger partial charge in [-0.1, -0.05) is 17.7 Å². The van der Waals surface area contributed by atoms with Crippen molar-refractivity contribution in [3.05, 3.63) is 70.1 Å². The number of hydrogen-bond acceptors (Lipinski definition) is 5. The van der Waals surface area contributed by atoms with Crippen LogP contribution in [0, 0.1) is 0 Å². The average Bonchev–Trinajstić information content (AvgIpc) is 3.28. The van der Waals surface area contributed by atoms with Crippen LogP contribution in [0.1, 0.15) is 46.1 Å². The van der Waals surface area contributed by atoms with E-state index in [1.54, 1.807) is 43.0 Å². The second kappa shape index (κ2) is 7.85. The molecule has 2 aromatic heterocycles. The number of carbonyl (C=O) groups is 1. The van der Waals surface area contributed by atoms with E-state index in [2.05, 4.69) is 9.97 Å². The van der Waals surface area contributed by atoms with Gasteiger partial charge in [-0.3, -0.25) is 9.20 Å². The Morgan fingerprint density at radius 3 is 2.74 bits per heavy atom. The molecular weight excluding hydrogens is 471 g/mol. The Labute approximate surface area is 196 Å². The number of carbonyl (C=O) groups excluding carboxylic acids is 1. The number of fused-ring (bicyclic) bond motifs is 4. The van der Waals surface area contributed by atoms with Crippen molar-refractivity contribution in [2.75, 3.05) is 19.4 Å². The van der Waals surface area contributed by atoms with E-state index in [0.29, 0.717) is 27.7 Å². The molecule has 0 spiro atoms. The highest BCUT2D eigenvalue weighted by molar-refractivity contribution is 6.34. The van der Waals surface area contributed by atoms with E-state index >= 15 is 0 Å². The summed E-state index contributed by atoms with van der Waals surface area (Å²) in [5.74, 6) is -0.133. The number of nitrogens with two attached hydrogens (primary N) is 1. The number of nitrogens with zero attached hydrogens (tertiary/aromatic N) is 4. The quantitative estimate of drug-likeness (QED) is 0.426. The minimum atomic E-state index is -4.47. The molecule has 2 atom stereocenters. The minimum absolute atomic E-state index is 0.136. The van der Waals surface area contributed by atoms with Gasteiger partial charge >= 0.3 is 6.18 Å². The summed E-state index contributed by atoms with van der Waals surface area (Å²) in [6, 6.07) is 6.09. The van der Waals surface area contributed by atoms with Gasteiger partial charge in [-0.05, 0) is 42.3 Å². The topological polar surface area (TPSA) is 85.8 Å². The van der Waals surface area contributed by atoms with E-state index in [9.17, 15) is 18.0 Å². The van der Waals surface area contributed by atoms with Crippen LogP contribution in [0.4, 0.5) is 19.0 Å². The number of hydrogen-bond donors (Lipinski definition) is 1. The largest absolute Gasteiger partial charge is 0.416 e. The number of nitrogen functional groups attached to an aromatic ring is 1. The van der Waals surface area contributed by atoms with Gasteiger partial charge in [0.2, 0.25) is 0 Å². The first kappa shape index (κ1) is 22.4. The molecule has 2 aromatic carbocycles. The van der Waals surface area contributed by atoms with Crippen molar-refractivity contribution in [1.29, 1.82) is 0 Å². The number of benzene rings is 2. The fourth-order valence-corrected chi connectivity index (χ4v) is 4.57. The Hall–Kier alpha value is -3.37. The van der Waals surface area contributed by atoms with Crippen molar-refractivity contribution in [3.63, 3.8) is 0 Å². The lowest BCUT2D eigenvalue weighted by molar-refractivity contribution is -0.137. The van der Waals surface area contributed by atoms with E-state index < -0.39 is 29.8 Å². The molecule has 1 aliphatic rings. The highest BCUT2D eigenvalue weighted by atomic mass is 35.5. The molecule has 2 N–H and O–H groups in total. The molecule has 0 saturated carbocycles. The Morgan fingerprint density at radius 2 is 2.00 bits per heavy atom. The number of ether oxygens (including phenoxy) is 1. The summed E-state index contributed by atoms with van der Waals surface area (Å²) in [6.07, 6.45) is -1.88. The molecule has 3 heterocycles. The molecule has 0 fully saturated rings. The molecule has 7 nitrogen and oxygen atoms in total. The van der Waals surface area contributed by atoms with Gasteiger partial charge in [0.25, 0.3) is 5.91 Å². The standard InChI is InChI=1S/C23H19ClF3N5O2/c1-11-14-5-12(23(25,26)27)3-4-13(14)20(9-34-11)31(2)22(33)15-6-18-17(7-16(15)24)30-21(28)19-8-29-10-32(18)19/h3-8,10-11,20H,9H2,1-2H3,(H2,28,30)/t11-,20?/m1/s1. The first-order chi connectivity index (χ1) is 16.1. The Morgan fingerprint density at radius 1 is 1.24 bits per heavy atom. The molecule has 4 aromatic rings.